The SMILES string of the molecule is CCOC(=O)CCCc1c(/C=C/C(=O)N(C)C)c(C)cn(Cc2ccccc2)c1=O. The van der Waals surface area contributed by atoms with E-state index in [0.29, 0.717) is 31.6 Å². The Kier molecular flexibility index (Phi) is 8.59. The minimum atomic E-state index is -0.269. The van der Waals surface area contributed by atoms with Crippen LogP contribution in [0.5, 0.6) is 0 Å². The number of carbonyl (C=O) groups is 2. The standard InChI is InChI=1S/C24H30N2O4/c1-5-30-23(28)13-9-12-21-20(14-15-22(27)25(3)4)18(2)16-26(24(21)29)17-19-10-7-6-8-11-19/h6-8,10-11,14-16H,5,9,12-13,17H2,1-4H3/b15-14+. The van der Waals surface area contributed by atoms with E-state index in [0.717, 1.165) is 16.7 Å². The summed E-state index contributed by atoms with van der Waals surface area (Å²) in [5, 5.41) is 0. The number of carbonyl (C=O) groups excluding carboxylic acids is 2. The quantitative estimate of drug-likeness (QED) is 0.470. The second-order valence-corrected chi connectivity index (χ2v) is 7.35. The number of hydrogen-bond donors (Lipinski definition) is 0. The summed E-state index contributed by atoms with van der Waals surface area (Å²) in [6, 6.07) is 9.78. The third kappa shape index (κ3) is 6.44. The molecule has 0 radical (unpaired) electrons. The summed E-state index contributed by atoms with van der Waals surface area (Å²) in [5.41, 5.74) is 3.17. The van der Waals surface area contributed by atoms with Crippen molar-refractivity contribution in [1.82, 2.24) is 9.47 Å². The van der Waals surface area contributed by atoms with Gasteiger partial charge in [0, 0.05) is 38.4 Å². The van der Waals surface area contributed by atoms with Crippen LogP contribution in [0.15, 0.2) is 47.4 Å². The zero-order valence-electron chi connectivity index (χ0n) is 18.2. The van der Waals surface area contributed by atoms with Gasteiger partial charge in [-0.1, -0.05) is 30.3 Å². The van der Waals surface area contributed by atoms with Crippen molar-refractivity contribution in [2.24, 2.45) is 0 Å². The van der Waals surface area contributed by atoms with Crippen LogP contribution in [0, 0.1) is 6.92 Å². The average Bonchev–Trinajstić information content (AvgIpc) is 2.71. The summed E-state index contributed by atoms with van der Waals surface area (Å²) >= 11 is 0. The fourth-order valence-electron chi connectivity index (χ4n) is 3.21. The van der Waals surface area contributed by atoms with E-state index >= 15 is 0 Å². The summed E-state index contributed by atoms with van der Waals surface area (Å²) < 4.78 is 6.68. The van der Waals surface area contributed by atoms with Crippen LogP contribution in [0.25, 0.3) is 6.08 Å². The molecule has 0 aliphatic carbocycles. The number of hydrogen-bond acceptors (Lipinski definition) is 4. The molecule has 0 bridgehead atoms. The van der Waals surface area contributed by atoms with Crippen molar-refractivity contribution in [2.75, 3.05) is 20.7 Å². The van der Waals surface area contributed by atoms with Crippen molar-refractivity contribution in [3.8, 4) is 0 Å². The van der Waals surface area contributed by atoms with Gasteiger partial charge in [0.25, 0.3) is 5.56 Å². The van der Waals surface area contributed by atoms with Crippen LogP contribution in [0.3, 0.4) is 0 Å². The van der Waals surface area contributed by atoms with E-state index in [2.05, 4.69) is 0 Å². The second-order valence-electron chi connectivity index (χ2n) is 7.35. The molecule has 0 saturated heterocycles. The van der Waals surface area contributed by atoms with E-state index in [9.17, 15) is 14.4 Å². The van der Waals surface area contributed by atoms with Crippen molar-refractivity contribution in [2.45, 2.75) is 39.7 Å². The van der Waals surface area contributed by atoms with Gasteiger partial charge in [-0.15, -0.1) is 0 Å². The number of aromatic nitrogens is 1. The fraction of sp³-hybridized carbons (Fsp3) is 0.375. The van der Waals surface area contributed by atoms with E-state index < -0.39 is 0 Å². The first-order valence-electron chi connectivity index (χ1n) is 10.1. The molecule has 0 unspecified atom stereocenters. The van der Waals surface area contributed by atoms with Gasteiger partial charge in [0.15, 0.2) is 0 Å². The summed E-state index contributed by atoms with van der Waals surface area (Å²) in [6.45, 7) is 4.50. The third-order valence-electron chi connectivity index (χ3n) is 4.76. The molecule has 6 nitrogen and oxygen atoms in total. The molecule has 0 aliphatic heterocycles. The molecule has 1 aromatic carbocycles. The Bertz CT molecular complexity index is 959. The predicted molar refractivity (Wildman–Crippen MR) is 118 cm³/mol. The molecule has 1 heterocycles. The maximum Gasteiger partial charge on any atom is 0.305 e. The molecule has 2 aromatic rings. The highest BCUT2D eigenvalue weighted by molar-refractivity contribution is 5.91. The van der Waals surface area contributed by atoms with E-state index in [1.54, 1.807) is 31.7 Å². The summed E-state index contributed by atoms with van der Waals surface area (Å²) in [4.78, 5) is 38.4. The van der Waals surface area contributed by atoms with Gasteiger partial charge >= 0.3 is 5.97 Å². The van der Waals surface area contributed by atoms with Crippen LogP contribution >= 0.6 is 0 Å². The lowest BCUT2D eigenvalue weighted by Gasteiger charge is -2.15. The highest BCUT2D eigenvalue weighted by Gasteiger charge is 2.14. The van der Waals surface area contributed by atoms with E-state index in [1.165, 1.54) is 11.0 Å². The number of pyridine rings is 1. The summed E-state index contributed by atoms with van der Waals surface area (Å²) in [6.07, 6.45) is 6.18. The molecule has 0 atom stereocenters. The lowest BCUT2D eigenvalue weighted by atomic mass is 9.99. The number of esters is 1. The van der Waals surface area contributed by atoms with Gasteiger partial charge in [-0.05, 0) is 49.5 Å². The minimum Gasteiger partial charge on any atom is -0.466 e. The maximum absolute atomic E-state index is 13.2. The van der Waals surface area contributed by atoms with Gasteiger partial charge in [-0.25, -0.2) is 0 Å². The van der Waals surface area contributed by atoms with Crippen LogP contribution in [0.4, 0.5) is 0 Å². The topological polar surface area (TPSA) is 68.6 Å². The smallest absolute Gasteiger partial charge is 0.305 e. The molecular weight excluding hydrogens is 380 g/mol. The minimum absolute atomic E-state index is 0.106. The predicted octanol–water partition coefficient (Wildman–Crippen LogP) is 3.19. The first kappa shape index (κ1) is 23.1. The molecule has 0 saturated carbocycles. The Labute approximate surface area is 177 Å². The largest absolute Gasteiger partial charge is 0.466 e. The van der Waals surface area contributed by atoms with Crippen LogP contribution in [-0.2, 0) is 27.3 Å². The van der Waals surface area contributed by atoms with Gasteiger partial charge in [0.2, 0.25) is 5.91 Å². The van der Waals surface area contributed by atoms with Crippen molar-refractivity contribution in [1.29, 1.82) is 0 Å². The average molecular weight is 411 g/mol. The molecule has 160 valence electrons. The van der Waals surface area contributed by atoms with Crippen LogP contribution in [-0.4, -0.2) is 42.0 Å². The van der Waals surface area contributed by atoms with E-state index in [1.807, 2.05) is 43.5 Å². The van der Waals surface area contributed by atoms with Crippen molar-refractivity contribution < 1.29 is 14.3 Å². The molecular formula is C24H30N2O4. The Morgan fingerprint density at radius 3 is 2.50 bits per heavy atom. The van der Waals surface area contributed by atoms with Gasteiger partial charge in [0.05, 0.1) is 13.2 Å². The Morgan fingerprint density at radius 2 is 1.87 bits per heavy atom. The number of rotatable bonds is 9. The zero-order valence-corrected chi connectivity index (χ0v) is 18.2. The van der Waals surface area contributed by atoms with Gasteiger partial charge < -0.3 is 14.2 Å². The zero-order chi connectivity index (χ0) is 22.1. The van der Waals surface area contributed by atoms with Crippen LogP contribution < -0.4 is 5.56 Å². The highest BCUT2D eigenvalue weighted by atomic mass is 16.5. The Morgan fingerprint density at radius 1 is 1.17 bits per heavy atom. The van der Waals surface area contributed by atoms with E-state index in [4.69, 9.17) is 4.74 Å². The molecule has 0 fully saturated rings. The van der Waals surface area contributed by atoms with Crippen molar-refractivity contribution in [3.05, 3.63) is 75.2 Å². The molecule has 1 amide bonds. The summed E-state index contributed by atoms with van der Waals surface area (Å²) in [7, 11) is 3.36. The first-order valence-corrected chi connectivity index (χ1v) is 10.1. The fourth-order valence-corrected chi connectivity index (χ4v) is 3.21. The third-order valence-corrected chi connectivity index (χ3v) is 4.76. The monoisotopic (exact) mass is 410 g/mol. The van der Waals surface area contributed by atoms with Crippen LogP contribution in [0.2, 0.25) is 0 Å². The first-order chi connectivity index (χ1) is 14.3. The number of benzene rings is 1. The van der Waals surface area contributed by atoms with Crippen molar-refractivity contribution >= 4 is 18.0 Å². The lowest BCUT2D eigenvalue weighted by Crippen LogP contribution is -2.26. The van der Waals surface area contributed by atoms with Crippen molar-refractivity contribution in [3.63, 3.8) is 0 Å². The molecule has 2 rings (SSSR count). The van der Waals surface area contributed by atoms with E-state index in [-0.39, 0.29) is 23.9 Å². The summed E-state index contributed by atoms with van der Waals surface area (Å²) in [5.74, 6) is -0.421. The Hall–Kier alpha value is -3.15. The lowest BCUT2D eigenvalue weighted by molar-refractivity contribution is -0.143. The van der Waals surface area contributed by atoms with Crippen LogP contribution in [0.1, 0.15) is 42.0 Å². The molecule has 0 N–H and O–H groups in total. The molecule has 0 aliphatic rings. The van der Waals surface area contributed by atoms with Gasteiger partial charge in [0.1, 0.15) is 0 Å². The Balaban J connectivity index is 2.39. The highest BCUT2D eigenvalue weighted by Crippen LogP contribution is 2.17. The number of ether oxygens (including phenoxy) is 1. The molecule has 0 spiro atoms. The maximum atomic E-state index is 13.2. The number of likely N-dealkylation sites (N-methyl/N-ethyl adjacent to an activating group) is 1. The second kappa shape index (κ2) is 11.1. The number of aryl methyl sites for hydroxylation is 1. The van der Waals surface area contributed by atoms with Gasteiger partial charge in [-0.2, -0.15) is 0 Å². The number of amides is 1. The molecule has 30 heavy (non-hydrogen) atoms. The molecule has 1 aromatic heterocycles. The molecule has 6 heteroatoms. The van der Waals surface area contributed by atoms with Gasteiger partial charge in [-0.3, -0.25) is 14.4 Å². The number of nitrogens with zero attached hydrogens (tertiary/aromatic N) is 2. The normalized spacial score (nSPS) is 10.9.